The van der Waals surface area contributed by atoms with Crippen LogP contribution in [-0.4, -0.2) is 27.7 Å². The van der Waals surface area contributed by atoms with Gasteiger partial charge in [0.2, 0.25) is 5.78 Å². The van der Waals surface area contributed by atoms with Crippen molar-refractivity contribution in [1.29, 1.82) is 0 Å². The molecule has 0 saturated heterocycles. The molecule has 118 valence electrons. The summed E-state index contributed by atoms with van der Waals surface area (Å²) in [6.07, 6.45) is 4.93. The Labute approximate surface area is 131 Å². The van der Waals surface area contributed by atoms with Crippen LogP contribution in [0.5, 0.6) is 11.5 Å². The molecule has 0 aromatic heterocycles. The van der Waals surface area contributed by atoms with Crippen LogP contribution in [0, 0.1) is 0 Å². The van der Waals surface area contributed by atoms with Crippen molar-refractivity contribution >= 4 is 23.6 Å². The van der Waals surface area contributed by atoms with Crippen molar-refractivity contribution in [1.82, 2.24) is 0 Å². The largest absolute Gasteiger partial charge is 0.507 e. The van der Waals surface area contributed by atoms with Gasteiger partial charge in [0.25, 0.3) is 0 Å². The number of allylic oxidation sites excluding steroid dienone is 3. The van der Waals surface area contributed by atoms with Gasteiger partial charge < -0.3 is 14.9 Å². The van der Waals surface area contributed by atoms with E-state index in [1.54, 1.807) is 6.08 Å². The fourth-order valence-electron chi connectivity index (χ4n) is 3.01. The molecule has 1 aromatic rings. The predicted octanol–water partition coefficient (Wildman–Crippen LogP) is 2.44. The van der Waals surface area contributed by atoms with Crippen molar-refractivity contribution < 1.29 is 29.3 Å². The van der Waals surface area contributed by atoms with Gasteiger partial charge >= 0.3 is 5.97 Å². The number of esters is 1. The average molecular weight is 314 g/mol. The highest BCUT2D eigenvalue weighted by Crippen LogP contribution is 2.47. The zero-order valence-corrected chi connectivity index (χ0v) is 12.5. The van der Waals surface area contributed by atoms with Gasteiger partial charge in [-0.25, -0.2) is 0 Å². The Balaban J connectivity index is 2.29. The number of carbonyl (C=O) groups is 3. The summed E-state index contributed by atoms with van der Waals surface area (Å²) in [6.45, 7) is 2.95. The molecule has 0 radical (unpaired) electrons. The van der Waals surface area contributed by atoms with Gasteiger partial charge in [-0.15, -0.1) is 0 Å². The lowest BCUT2D eigenvalue weighted by Gasteiger charge is -2.25. The monoisotopic (exact) mass is 314 g/mol. The highest BCUT2D eigenvalue weighted by molar-refractivity contribution is 6.26. The highest BCUT2D eigenvalue weighted by Gasteiger charge is 2.37. The fraction of sp³-hybridized carbons (Fsp3) is 0.235. The van der Waals surface area contributed by atoms with E-state index in [0.717, 1.165) is 13.0 Å². The lowest BCUT2D eigenvalue weighted by molar-refractivity contribution is -0.136. The second-order valence-corrected chi connectivity index (χ2v) is 5.61. The number of ketones is 2. The molecule has 6 nitrogen and oxygen atoms in total. The molecular weight excluding hydrogens is 300 g/mol. The molecule has 3 rings (SSSR count). The number of carbonyl (C=O) groups excluding carboxylic acids is 3. The van der Waals surface area contributed by atoms with Crippen molar-refractivity contribution in [2.24, 2.45) is 0 Å². The van der Waals surface area contributed by atoms with Crippen LogP contribution in [0.15, 0.2) is 17.9 Å². The maximum atomic E-state index is 12.4. The smallest absolute Gasteiger partial charge is 0.308 e. The van der Waals surface area contributed by atoms with E-state index in [1.165, 1.54) is 0 Å². The van der Waals surface area contributed by atoms with Crippen LogP contribution >= 0.6 is 0 Å². The second kappa shape index (κ2) is 5.08. The number of Topliss-reactive ketones (excluding diaryl/α,β-unsaturated/α-hetero) is 1. The van der Waals surface area contributed by atoms with E-state index in [0.29, 0.717) is 17.5 Å². The molecule has 1 atom stereocenters. The standard InChI is InChI=1S/C17H14O6/c1-7-4-3-5-9-12(7)17(22)13-10(19)6-11(23-8(2)18)16(21)14(13)15(9)20/h3,5-7,20,22H,4H2,1-2H3. The first-order chi connectivity index (χ1) is 10.8. The summed E-state index contributed by atoms with van der Waals surface area (Å²) >= 11 is 0. The number of rotatable bonds is 1. The van der Waals surface area contributed by atoms with Gasteiger partial charge in [0.1, 0.15) is 11.5 Å². The molecule has 0 saturated carbocycles. The molecule has 6 heteroatoms. The van der Waals surface area contributed by atoms with Gasteiger partial charge in [-0.2, -0.15) is 0 Å². The first kappa shape index (κ1) is 15.0. The van der Waals surface area contributed by atoms with Crippen molar-refractivity contribution in [2.75, 3.05) is 0 Å². The molecule has 2 aliphatic rings. The van der Waals surface area contributed by atoms with Crippen molar-refractivity contribution in [3.63, 3.8) is 0 Å². The molecule has 0 bridgehead atoms. The molecule has 0 amide bonds. The van der Waals surface area contributed by atoms with E-state index in [-0.39, 0.29) is 28.5 Å². The third-order valence-corrected chi connectivity index (χ3v) is 4.00. The summed E-state index contributed by atoms with van der Waals surface area (Å²) in [5, 5.41) is 20.9. The van der Waals surface area contributed by atoms with Gasteiger partial charge in [0, 0.05) is 24.1 Å². The van der Waals surface area contributed by atoms with E-state index < -0.39 is 23.3 Å². The van der Waals surface area contributed by atoms with Crippen LogP contribution < -0.4 is 0 Å². The number of phenolic OH excluding ortho intramolecular Hbond substituents is 2. The minimum atomic E-state index is -0.808. The number of phenols is 2. The summed E-state index contributed by atoms with van der Waals surface area (Å²) in [7, 11) is 0. The van der Waals surface area contributed by atoms with Crippen molar-refractivity contribution in [3.8, 4) is 11.5 Å². The Morgan fingerprint density at radius 1 is 1.22 bits per heavy atom. The zero-order chi connectivity index (χ0) is 16.9. The molecule has 0 aliphatic heterocycles. The van der Waals surface area contributed by atoms with E-state index in [4.69, 9.17) is 4.74 Å². The number of ether oxygens (including phenoxy) is 1. The average Bonchev–Trinajstić information content (AvgIpc) is 2.47. The maximum Gasteiger partial charge on any atom is 0.308 e. The molecule has 1 unspecified atom stereocenters. The second-order valence-electron chi connectivity index (χ2n) is 5.61. The molecule has 1 aromatic carbocycles. The van der Waals surface area contributed by atoms with E-state index in [1.807, 2.05) is 13.0 Å². The Kier molecular flexibility index (Phi) is 3.32. The summed E-state index contributed by atoms with van der Waals surface area (Å²) < 4.78 is 4.73. The summed E-state index contributed by atoms with van der Waals surface area (Å²) in [6, 6.07) is 0. The quantitative estimate of drug-likeness (QED) is 0.610. The first-order valence-corrected chi connectivity index (χ1v) is 7.10. The Hall–Kier alpha value is -2.89. The molecular formula is C17H14O6. The highest BCUT2D eigenvalue weighted by atomic mass is 16.5. The number of aromatic hydroxyl groups is 2. The third-order valence-electron chi connectivity index (χ3n) is 4.00. The Bertz CT molecular complexity index is 828. The molecule has 2 aliphatic carbocycles. The first-order valence-electron chi connectivity index (χ1n) is 7.10. The number of fused-ring (bicyclic) bond motifs is 2. The van der Waals surface area contributed by atoms with Crippen LogP contribution in [0.3, 0.4) is 0 Å². The normalized spacial score (nSPS) is 19.0. The lowest BCUT2D eigenvalue weighted by atomic mass is 9.80. The van der Waals surface area contributed by atoms with Crippen LogP contribution in [0.2, 0.25) is 0 Å². The third kappa shape index (κ3) is 2.14. The number of hydrogen-bond acceptors (Lipinski definition) is 6. The fourth-order valence-corrected chi connectivity index (χ4v) is 3.01. The summed E-state index contributed by atoms with van der Waals surface area (Å²) in [5.41, 5.74) is 0.174. The van der Waals surface area contributed by atoms with Gasteiger partial charge in [0.15, 0.2) is 11.5 Å². The minimum absolute atomic E-state index is 0.104. The molecule has 0 spiro atoms. The van der Waals surface area contributed by atoms with Crippen LogP contribution in [0.1, 0.15) is 58.0 Å². The van der Waals surface area contributed by atoms with E-state index in [9.17, 15) is 24.6 Å². The lowest BCUT2D eigenvalue weighted by Crippen LogP contribution is -2.22. The van der Waals surface area contributed by atoms with Crippen molar-refractivity contribution in [2.45, 2.75) is 26.2 Å². The summed E-state index contributed by atoms with van der Waals surface area (Å²) in [5.74, 6) is -3.50. The van der Waals surface area contributed by atoms with E-state index >= 15 is 0 Å². The van der Waals surface area contributed by atoms with Gasteiger partial charge in [-0.3, -0.25) is 14.4 Å². The van der Waals surface area contributed by atoms with Gasteiger partial charge in [-0.1, -0.05) is 19.1 Å². The van der Waals surface area contributed by atoms with Crippen LogP contribution in [0.25, 0.3) is 6.08 Å². The topological polar surface area (TPSA) is 101 Å². The van der Waals surface area contributed by atoms with E-state index in [2.05, 4.69) is 0 Å². The zero-order valence-electron chi connectivity index (χ0n) is 12.5. The minimum Gasteiger partial charge on any atom is -0.507 e. The Morgan fingerprint density at radius 2 is 1.91 bits per heavy atom. The van der Waals surface area contributed by atoms with Gasteiger partial charge in [-0.05, 0) is 12.3 Å². The molecule has 2 N–H and O–H groups in total. The van der Waals surface area contributed by atoms with Crippen molar-refractivity contribution in [3.05, 3.63) is 40.2 Å². The molecule has 0 heterocycles. The molecule has 0 fully saturated rings. The van der Waals surface area contributed by atoms with Crippen LogP contribution in [-0.2, 0) is 9.53 Å². The summed E-state index contributed by atoms with van der Waals surface area (Å²) in [4.78, 5) is 35.8. The number of hydrogen-bond donors (Lipinski definition) is 2. The maximum absolute atomic E-state index is 12.4. The predicted molar refractivity (Wildman–Crippen MR) is 80.3 cm³/mol. The Morgan fingerprint density at radius 3 is 2.57 bits per heavy atom. The number of benzene rings is 1. The van der Waals surface area contributed by atoms with Crippen LogP contribution in [0.4, 0.5) is 0 Å². The molecule has 23 heavy (non-hydrogen) atoms. The van der Waals surface area contributed by atoms with Gasteiger partial charge in [0.05, 0.1) is 11.1 Å². The SMILES string of the molecule is CC(=O)OC1=CC(=O)c2c(O)c3c(c(O)c2C1=O)C=CCC3C.